The van der Waals surface area contributed by atoms with Gasteiger partial charge in [-0.25, -0.2) is 8.78 Å². The van der Waals surface area contributed by atoms with Crippen molar-refractivity contribution in [2.45, 2.75) is 38.2 Å². The van der Waals surface area contributed by atoms with E-state index < -0.39 is 11.9 Å². The van der Waals surface area contributed by atoms with Gasteiger partial charge in [-0.15, -0.1) is 0 Å². The normalized spacial score (nSPS) is 16.2. The van der Waals surface area contributed by atoms with Gasteiger partial charge in [0.25, 0.3) is 5.92 Å². The highest BCUT2D eigenvalue weighted by Gasteiger charge is 2.33. The summed E-state index contributed by atoms with van der Waals surface area (Å²) in [6.07, 6.45) is 2.17. The number of hydrogen-bond acceptors (Lipinski definition) is 3. The minimum Gasteiger partial charge on any atom is -0.481 e. The van der Waals surface area contributed by atoms with E-state index in [1.54, 1.807) is 6.20 Å². The maximum Gasteiger partial charge on any atom is 0.303 e. The Kier molecular flexibility index (Phi) is 6.00. The maximum absolute atomic E-state index is 13.6. The van der Waals surface area contributed by atoms with Gasteiger partial charge in [0.2, 0.25) is 0 Å². The van der Waals surface area contributed by atoms with Gasteiger partial charge >= 0.3 is 5.97 Å². The lowest BCUT2D eigenvalue weighted by molar-refractivity contribution is -0.136. The molecule has 1 saturated heterocycles. The van der Waals surface area contributed by atoms with Crippen LogP contribution in [0.5, 0.6) is 0 Å². The minimum atomic E-state index is -2.55. The first-order chi connectivity index (χ1) is 16.4. The summed E-state index contributed by atoms with van der Waals surface area (Å²) in [7, 11) is 0. The number of halogens is 2. The first-order valence-electron chi connectivity index (χ1n) is 11.6. The molecule has 0 bridgehead atoms. The van der Waals surface area contributed by atoms with E-state index in [9.17, 15) is 13.6 Å². The summed E-state index contributed by atoms with van der Waals surface area (Å²) in [5.74, 6) is -3.36. The summed E-state index contributed by atoms with van der Waals surface area (Å²) < 4.78 is 27.2. The molecule has 0 unspecified atom stereocenters. The number of aromatic nitrogens is 1. The summed E-state index contributed by atoms with van der Waals surface area (Å²) in [6, 6.07) is 20.2. The van der Waals surface area contributed by atoms with Crippen molar-refractivity contribution < 1.29 is 18.7 Å². The van der Waals surface area contributed by atoms with Crippen molar-refractivity contribution in [3.8, 4) is 11.3 Å². The molecule has 1 N–H and O–H groups in total. The van der Waals surface area contributed by atoms with E-state index in [1.807, 2.05) is 48.5 Å². The third-order valence-electron chi connectivity index (χ3n) is 6.75. The quantitative estimate of drug-likeness (QED) is 0.367. The highest BCUT2D eigenvalue weighted by molar-refractivity contribution is 6.05. The number of aryl methyl sites for hydroxylation is 1. The minimum absolute atomic E-state index is 0.0850. The molecule has 0 atom stereocenters. The Hall–Kier alpha value is -3.38. The number of nitrogens with zero attached hydrogens (tertiary/aromatic N) is 2. The standard InChI is InChI=1S/C28H26F2N2O2/c29-28(30)13-16-32(17-14-28)18-20-5-2-8-24-22(20)12-15-31-27(24)25-9-3-6-21-19(10-11-26(33)34)4-1-7-23(21)25/h1-9,12,15H,10-11,13-14,16-18H2,(H,33,34). The molecule has 174 valence electrons. The predicted molar refractivity (Wildman–Crippen MR) is 130 cm³/mol. The topological polar surface area (TPSA) is 53.4 Å². The summed E-state index contributed by atoms with van der Waals surface area (Å²) >= 11 is 0. The second-order valence-electron chi connectivity index (χ2n) is 9.02. The molecule has 0 aliphatic carbocycles. The zero-order valence-corrected chi connectivity index (χ0v) is 18.8. The fraction of sp³-hybridized carbons (Fsp3) is 0.286. The van der Waals surface area contributed by atoms with Crippen LogP contribution in [0.1, 0.15) is 30.4 Å². The van der Waals surface area contributed by atoms with Gasteiger partial charge in [0.05, 0.1) is 5.69 Å². The average Bonchev–Trinajstić information content (AvgIpc) is 2.83. The van der Waals surface area contributed by atoms with Gasteiger partial charge in [-0.1, -0.05) is 54.6 Å². The molecule has 1 aliphatic heterocycles. The van der Waals surface area contributed by atoms with Gasteiger partial charge in [0.15, 0.2) is 0 Å². The number of pyridine rings is 1. The van der Waals surface area contributed by atoms with Gasteiger partial charge in [0, 0.05) is 56.0 Å². The van der Waals surface area contributed by atoms with Crippen molar-refractivity contribution in [1.82, 2.24) is 9.88 Å². The van der Waals surface area contributed by atoms with Crippen LogP contribution in [-0.4, -0.2) is 40.0 Å². The number of fused-ring (bicyclic) bond motifs is 2. The molecule has 1 aromatic heterocycles. The average molecular weight is 461 g/mol. The number of rotatable bonds is 6. The number of likely N-dealkylation sites (tertiary alicyclic amines) is 1. The SMILES string of the molecule is O=C(O)CCc1cccc2c(-c3nccc4c(CN5CCC(F)(F)CC5)cccc34)cccc12. The zero-order valence-electron chi connectivity index (χ0n) is 18.8. The molecule has 2 heterocycles. The molecule has 5 rings (SSSR count). The van der Waals surface area contributed by atoms with Gasteiger partial charge in [-0.3, -0.25) is 14.7 Å². The molecular formula is C28H26F2N2O2. The van der Waals surface area contributed by atoms with E-state index in [0.717, 1.165) is 43.9 Å². The van der Waals surface area contributed by atoms with Gasteiger partial charge in [0.1, 0.15) is 0 Å². The van der Waals surface area contributed by atoms with Crippen LogP contribution in [0, 0.1) is 0 Å². The van der Waals surface area contributed by atoms with E-state index in [-0.39, 0.29) is 19.3 Å². The number of piperidine rings is 1. The van der Waals surface area contributed by atoms with Crippen molar-refractivity contribution in [2.75, 3.05) is 13.1 Å². The van der Waals surface area contributed by atoms with E-state index in [1.165, 1.54) is 0 Å². The summed E-state index contributed by atoms with van der Waals surface area (Å²) in [5.41, 5.74) is 3.97. The van der Waals surface area contributed by atoms with Gasteiger partial charge in [-0.05, 0) is 39.8 Å². The van der Waals surface area contributed by atoms with E-state index in [2.05, 4.69) is 17.0 Å². The van der Waals surface area contributed by atoms with Gasteiger partial charge < -0.3 is 5.11 Å². The molecule has 0 spiro atoms. The molecule has 1 aliphatic rings. The predicted octanol–water partition coefficient (Wildman–Crippen LogP) is 6.30. The Balaban J connectivity index is 1.54. The molecule has 0 saturated carbocycles. The molecule has 1 fully saturated rings. The number of carboxylic acids is 1. The third-order valence-corrected chi connectivity index (χ3v) is 6.75. The van der Waals surface area contributed by atoms with Crippen LogP contribution in [-0.2, 0) is 17.8 Å². The lowest BCUT2D eigenvalue weighted by Gasteiger charge is -2.32. The fourth-order valence-corrected chi connectivity index (χ4v) is 4.95. The Morgan fingerprint density at radius 2 is 1.53 bits per heavy atom. The highest BCUT2D eigenvalue weighted by atomic mass is 19.3. The number of benzene rings is 3. The molecule has 4 nitrogen and oxygen atoms in total. The Morgan fingerprint density at radius 3 is 2.29 bits per heavy atom. The van der Waals surface area contributed by atoms with Crippen LogP contribution in [0.3, 0.4) is 0 Å². The molecule has 3 aromatic carbocycles. The Morgan fingerprint density at radius 1 is 0.882 bits per heavy atom. The number of carbonyl (C=O) groups is 1. The van der Waals surface area contributed by atoms with Crippen molar-refractivity contribution >= 4 is 27.5 Å². The van der Waals surface area contributed by atoms with Crippen molar-refractivity contribution in [3.05, 3.63) is 78.0 Å². The van der Waals surface area contributed by atoms with Crippen molar-refractivity contribution in [2.24, 2.45) is 0 Å². The number of carboxylic acid groups (broad SMARTS) is 1. The van der Waals surface area contributed by atoms with Crippen molar-refractivity contribution in [1.29, 1.82) is 0 Å². The molecular weight excluding hydrogens is 434 g/mol. The Bertz CT molecular complexity index is 1360. The van der Waals surface area contributed by atoms with Crippen LogP contribution < -0.4 is 0 Å². The lowest BCUT2D eigenvalue weighted by atomic mass is 9.93. The molecule has 6 heteroatoms. The largest absolute Gasteiger partial charge is 0.481 e. The monoisotopic (exact) mass is 460 g/mol. The van der Waals surface area contributed by atoms with E-state index in [0.29, 0.717) is 26.1 Å². The van der Waals surface area contributed by atoms with E-state index >= 15 is 0 Å². The van der Waals surface area contributed by atoms with Crippen LogP contribution in [0.2, 0.25) is 0 Å². The number of aliphatic carboxylic acids is 1. The van der Waals surface area contributed by atoms with Crippen LogP contribution in [0.25, 0.3) is 32.8 Å². The zero-order chi connectivity index (χ0) is 23.7. The maximum atomic E-state index is 13.6. The first kappa shape index (κ1) is 22.4. The molecule has 0 amide bonds. The van der Waals surface area contributed by atoms with Crippen LogP contribution >= 0.6 is 0 Å². The second kappa shape index (κ2) is 9.11. The van der Waals surface area contributed by atoms with Crippen molar-refractivity contribution in [3.63, 3.8) is 0 Å². The highest BCUT2D eigenvalue weighted by Crippen LogP contribution is 2.35. The molecule has 0 radical (unpaired) electrons. The Labute approximate surface area is 196 Å². The number of alkyl halides is 2. The summed E-state index contributed by atoms with van der Waals surface area (Å²) in [4.78, 5) is 17.9. The summed E-state index contributed by atoms with van der Waals surface area (Å²) in [6.45, 7) is 1.42. The van der Waals surface area contributed by atoms with Crippen LogP contribution in [0.4, 0.5) is 8.78 Å². The molecule has 34 heavy (non-hydrogen) atoms. The molecule has 4 aromatic rings. The first-order valence-corrected chi connectivity index (χ1v) is 11.6. The second-order valence-corrected chi connectivity index (χ2v) is 9.02. The third kappa shape index (κ3) is 4.50. The summed E-state index contributed by atoms with van der Waals surface area (Å²) in [5, 5.41) is 13.3. The van der Waals surface area contributed by atoms with Gasteiger partial charge in [-0.2, -0.15) is 0 Å². The van der Waals surface area contributed by atoms with Crippen LogP contribution in [0.15, 0.2) is 66.9 Å². The van der Waals surface area contributed by atoms with E-state index in [4.69, 9.17) is 10.1 Å². The number of hydrogen-bond donors (Lipinski definition) is 1. The fourth-order valence-electron chi connectivity index (χ4n) is 4.95. The smallest absolute Gasteiger partial charge is 0.303 e. The lowest BCUT2D eigenvalue weighted by Crippen LogP contribution is -2.38.